The summed E-state index contributed by atoms with van der Waals surface area (Å²) in [5.41, 5.74) is 0. The van der Waals surface area contributed by atoms with Crippen LogP contribution in [-0.4, -0.2) is 33.5 Å². The van der Waals surface area contributed by atoms with Crippen molar-refractivity contribution in [3.05, 3.63) is 0 Å². The first-order valence-electron chi connectivity index (χ1n) is 4.50. The molecule has 0 aliphatic rings. The molecule has 0 saturated carbocycles. The zero-order valence-electron chi connectivity index (χ0n) is 8.69. The van der Waals surface area contributed by atoms with Gasteiger partial charge in [-0.05, 0) is 33.4 Å². The molecule has 0 amide bonds. The highest BCUT2D eigenvalue weighted by atomic mass is 19.1. The van der Waals surface area contributed by atoms with Gasteiger partial charge in [0.25, 0.3) is 0 Å². The second-order valence-corrected chi connectivity index (χ2v) is 2.48. The molecule has 2 nitrogen and oxygen atoms in total. The van der Waals surface area contributed by atoms with Crippen molar-refractivity contribution in [2.75, 3.05) is 27.3 Å². The van der Waals surface area contributed by atoms with E-state index in [1.165, 1.54) is 0 Å². The molecule has 0 aromatic rings. The largest absolute Gasteiger partial charge is 0.385 e. The number of rotatable bonds is 5. The van der Waals surface area contributed by atoms with Crippen LogP contribution in [0.1, 0.15) is 26.7 Å². The van der Waals surface area contributed by atoms with E-state index >= 15 is 0 Å². The van der Waals surface area contributed by atoms with Gasteiger partial charge in [-0.3, -0.25) is 0 Å². The Morgan fingerprint density at radius 2 is 1.92 bits per heavy atom. The van der Waals surface area contributed by atoms with Gasteiger partial charge in [-0.2, -0.15) is 0 Å². The minimum absolute atomic E-state index is 0.609. The van der Waals surface area contributed by atoms with Gasteiger partial charge in [-0.1, -0.05) is 6.92 Å². The summed E-state index contributed by atoms with van der Waals surface area (Å²) in [5, 5.41) is 2.89. The lowest BCUT2D eigenvalue weighted by molar-refractivity contribution is 0.215. The third kappa shape index (κ3) is 16.4. The average molecular weight is 179 g/mol. The standard InChI is InChI=1S/C6H14FN.C3H8O/c1-3-6(7)4-5-8-2;1-3-4-2/h6,8H,3-5H2,1-2H3;3H2,1-2H3. The number of methoxy groups -OCH3 is 1. The Balaban J connectivity index is 0. The Kier molecular flexibility index (Phi) is 16.1. The maximum atomic E-state index is 12.3. The van der Waals surface area contributed by atoms with Crippen molar-refractivity contribution in [3.8, 4) is 0 Å². The van der Waals surface area contributed by atoms with E-state index in [0.29, 0.717) is 12.8 Å². The smallest absolute Gasteiger partial charge is 0.101 e. The maximum Gasteiger partial charge on any atom is 0.101 e. The van der Waals surface area contributed by atoms with Crippen LogP contribution in [0.25, 0.3) is 0 Å². The Morgan fingerprint density at radius 3 is 2.17 bits per heavy atom. The van der Waals surface area contributed by atoms with E-state index in [2.05, 4.69) is 10.1 Å². The van der Waals surface area contributed by atoms with Gasteiger partial charge in [-0.25, -0.2) is 4.39 Å². The van der Waals surface area contributed by atoms with Crippen LogP contribution < -0.4 is 5.32 Å². The van der Waals surface area contributed by atoms with Crippen molar-refractivity contribution in [3.63, 3.8) is 0 Å². The highest BCUT2D eigenvalue weighted by molar-refractivity contribution is 4.52. The lowest BCUT2D eigenvalue weighted by Crippen LogP contribution is -2.12. The van der Waals surface area contributed by atoms with Crippen molar-refractivity contribution in [1.29, 1.82) is 0 Å². The van der Waals surface area contributed by atoms with Gasteiger partial charge in [0.2, 0.25) is 0 Å². The van der Waals surface area contributed by atoms with Crippen LogP contribution in [0.3, 0.4) is 0 Å². The zero-order valence-corrected chi connectivity index (χ0v) is 8.69. The number of alkyl halides is 1. The molecule has 1 N–H and O–H groups in total. The quantitative estimate of drug-likeness (QED) is 0.697. The van der Waals surface area contributed by atoms with Crippen molar-refractivity contribution in [1.82, 2.24) is 5.32 Å². The molecule has 0 heterocycles. The summed E-state index contributed by atoms with van der Waals surface area (Å²) in [6, 6.07) is 0. The molecular weight excluding hydrogens is 157 g/mol. The molecule has 0 radical (unpaired) electrons. The molecule has 0 saturated heterocycles. The first-order valence-corrected chi connectivity index (χ1v) is 4.50. The predicted octanol–water partition coefficient (Wildman–Crippen LogP) is 2.00. The van der Waals surface area contributed by atoms with Crippen LogP contribution in [0.4, 0.5) is 4.39 Å². The fourth-order valence-corrected chi connectivity index (χ4v) is 0.505. The number of hydrogen-bond donors (Lipinski definition) is 1. The second-order valence-electron chi connectivity index (χ2n) is 2.48. The van der Waals surface area contributed by atoms with E-state index < -0.39 is 6.17 Å². The van der Waals surface area contributed by atoms with Crippen molar-refractivity contribution >= 4 is 0 Å². The highest BCUT2D eigenvalue weighted by Crippen LogP contribution is 1.99. The normalized spacial score (nSPS) is 11.8. The third-order valence-electron chi connectivity index (χ3n) is 1.44. The topological polar surface area (TPSA) is 21.3 Å². The lowest BCUT2D eigenvalue weighted by Gasteiger charge is -2.01. The van der Waals surface area contributed by atoms with Gasteiger partial charge in [-0.15, -0.1) is 0 Å². The van der Waals surface area contributed by atoms with Crippen molar-refractivity contribution < 1.29 is 9.13 Å². The van der Waals surface area contributed by atoms with Crippen LogP contribution in [-0.2, 0) is 4.74 Å². The van der Waals surface area contributed by atoms with E-state index in [1.807, 2.05) is 20.9 Å². The summed E-state index contributed by atoms with van der Waals surface area (Å²) >= 11 is 0. The number of ether oxygens (including phenoxy) is 1. The van der Waals surface area contributed by atoms with E-state index in [0.717, 1.165) is 13.2 Å². The monoisotopic (exact) mass is 179 g/mol. The molecule has 3 heteroatoms. The van der Waals surface area contributed by atoms with Gasteiger partial charge >= 0.3 is 0 Å². The molecule has 0 bridgehead atoms. The van der Waals surface area contributed by atoms with Crippen LogP contribution in [0.15, 0.2) is 0 Å². The lowest BCUT2D eigenvalue weighted by atomic mass is 10.2. The molecule has 1 unspecified atom stereocenters. The van der Waals surface area contributed by atoms with E-state index in [4.69, 9.17) is 0 Å². The number of halogens is 1. The molecule has 12 heavy (non-hydrogen) atoms. The second kappa shape index (κ2) is 13.4. The van der Waals surface area contributed by atoms with Crippen molar-refractivity contribution in [2.24, 2.45) is 0 Å². The van der Waals surface area contributed by atoms with E-state index in [-0.39, 0.29) is 0 Å². The zero-order chi connectivity index (χ0) is 9.82. The summed E-state index contributed by atoms with van der Waals surface area (Å²) in [6.45, 7) is 5.43. The molecule has 0 aromatic carbocycles. The van der Waals surface area contributed by atoms with E-state index in [9.17, 15) is 4.39 Å². The molecule has 0 aliphatic heterocycles. The Hall–Kier alpha value is -0.150. The Morgan fingerprint density at radius 1 is 1.42 bits per heavy atom. The molecule has 0 rings (SSSR count). The molecule has 0 aliphatic carbocycles. The molecule has 76 valence electrons. The van der Waals surface area contributed by atoms with Crippen LogP contribution >= 0.6 is 0 Å². The highest BCUT2D eigenvalue weighted by Gasteiger charge is 1.99. The average Bonchev–Trinajstić information content (AvgIpc) is 2.14. The minimum atomic E-state index is -0.609. The molecule has 1 atom stereocenters. The minimum Gasteiger partial charge on any atom is -0.385 e. The van der Waals surface area contributed by atoms with Gasteiger partial charge in [0.05, 0.1) is 0 Å². The SMILES string of the molecule is CCC(F)CCNC.CCOC. The fourth-order valence-electron chi connectivity index (χ4n) is 0.505. The first kappa shape index (κ1) is 14.4. The predicted molar refractivity (Wildman–Crippen MR) is 51.3 cm³/mol. The fraction of sp³-hybridized carbons (Fsp3) is 1.00. The summed E-state index contributed by atoms with van der Waals surface area (Å²) in [5.74, 6) is 0. The number of nitrogens with one attached hydrogen (secondary N) is 1. The Labute approximate surface area is 75.5 Å². The molecule has 0 aromatic heterocycles. The maximum absolute atomic E-state index is 12.3. The van der Waals surface area contributed by atoms with Gasteiger partial charge < -0.3 is 10.1 Å². The Bertz CT molecular complexity index is 69.5. The first-order chi connectivity index (χ1) is 5.72. The summed E-state index contributed by atoms with van der Waals surface area (Å²) in [6.07, 6.45) is 0.678. The van der Waals surface area contributed by atoms with Gasteiger partial charge in [0, 0.05) is 13.7 Å². The number of hydrogen-bond acceptors (Lipinski definition) is 2. The van der Waals surface area contributed by atoms with Crippen LogP contribution in [0, 0.1) is 0 Å². The van der Waals surface area contributed by atoms with Crippen molar-refractivity contribution in [2.45, 2.75) is 32.9 Å². The summed E-state index contributed by atoms with van der Waals surface area (Å²) in [4.78, 5) is 0. The van der Waals surface area contributed by atoms with Gasteiger partial charge in [0.1, 0.15) is 6.17 Å². The van der Waals surface area contributed by atoms with Crippen LogP contribution in [0.5, 0.6) is 0 Å². The van der Waals surface area contributed by atoms with Gasteiger partial charge in [0.15, 0.2) is 0 Å². The summed E-state index contributed by atoms with van der Waals surface area (Å²) in [7, 11) is 3.52. The molecule has 0 fully saturated rings. The molecular formula is C9H22FNO. The van der Waals surface area contributed by atoms with E-state index in [1.54, 1.807) is 7.11 Å². The van der Waals surface area contributed by atoms with Crippen LogP contribution in [0.2, 0.25) is 0 Å². The third-order valence-corrected chi connectivity index (χ3v) is 1.44. The summed E-state index contributed by atoms with van der Waals surface area (Å²) < 4.78 is 16.8. The molecule has 0 spiro atoms.